The molecule has 3 aliphatic heterocycles. The number of fused-ring (bicyclic) bond motifs is 2. The lowest BCUT2D eigenvalue weighted by atomic mass is 9.62. The minimum Gasteiger partial charge on any atom is -0.396 e. The van der Waals surface area contributed by atoms with Crippen LogP contribution in [0, 0.1) is 17.8 Å². The summed E-state index contributed by atoms with van der Waals surface area (Å²) in [5.74, 6) is -2.20. The number of carbonyl (C=O) groups is 3. The van der Waals surface area contributed by atoms with Crippen LogP contribution in [0.5, 0.6) is 0 Å². The molecule has 0 radical (unpaired) electrons. The van der Waals surface area contributed by atoms with Gasteiger partial charge >= 0.3 is 0 Å². The summed E-state index contributed by atoms with van der Waals surface area (Å²) in [6.45, 7) is 12.7. The summed E-state index contributed by atoms with van der Waals surface area (Å²) in [7, 11) is 1.71. The van der Waals surface area contributed by atoms with Crippen LogP contribution in [0.25, 0.3) is 11.0 Å². The van der Waals surface area contributed by atoms with E-state index >= 15 is 0 Å². The molecular formula is C31H42N6O5. The largest absolute Gasteiger partial charge is 0.396 e. The summed E-state index contributed by atoms with van der Waals surface area (Å²) in [5, 5.41) is 17.8. The van der Waals surface area contributed by atoms with E-state index in [-0.39, 0.29) is 43.5 Å². The molecule has 0 aliphatic carbocycles. The van der Waals surface area contributed by atoms with Gasteiger partial charge in [0.15, 0.2) is 0 Å². The first kappa shape index (κ1) is 29.9. The lowest BCUT2D eigenvalue weighted by Crippen LogP contribution is -2.57. The van der Waals surface area contributed by atoms with E-state index in [0.29, 0.717) is 44.3 Å². The minimum absolute atomic E-state index is 0.0515. The van der Waals surface area contributed by atoms with Gasteiger partial charge in [0.25, 0.3) is 0 Å². The predicted octanol–water partition coefficient (Wildman–Crippen LogP) is 2.22. The minimum atomic E-state index is -1.14. The second-order valence-electron chi connectivity index (χ2n) is 12.1. The molecule has 42 heavy (non-hydrogen) atoms. The molecule has 1 spiro atoms. The fourth-order valence-electron chi connectivity index (χ4n) is 7.46. The highest BCUT2D eigenvalue weighted by molar-refractivity contribution is 5.99. The highest BCUT2D eigenvalue weighted by atomic mass is 16.5. The molecule has 3 saturated heterocycles. The molecule has 3 unspecified atom stereocenters. The second kappa shape index (κ2) is 11.6. The van der Waals surface area contributed by atoms with Crippen LogP contribution in [0.2, 0.25) is 0 Å². The average Bonchev–Trinajstić information content (AvgIpc) is 3.64. The third-order valence-electron chi connectivity index (χ3n) is 9.54. The first-order chi connectivity index (χ1) is 20.1. The van der Waals surface area contributed by atoms with Crippen molar-refractivity contribution in [2.45, 2.75) is 63.4 Å². The number of para-hydroxylation sites is 1. The van der Waals surface area contributed by atoms with Crippen molar-refractivity contribution in [2.75, 3.05) is 33.3 Å². The Morgan fingerprint density at radius 1 is 1.17 bits per heavy atom. The summed E-state index contributed by atoms with van der Waals surface area (Å²) in [6.07, 6.45) is 5.74. The Labute approximate surface area is 246 Å². The zero-order valence-electron chi connectivity index (χ0n) is 24.8. The first-order valence-electron chi connectivity index (χ1n) is 14.8. The van der Waals surface area contributed by atoms with Gasteiger partial charge in [-0.2, -0.15) is 0 Å². The van der Waals surface area contributed by atoms with E-state index in [1.807, 2.05) is 38.1 Å². The number of ether oxygens (including phenoxy) is 1. The van der Waals surface area contributed by atoms with Gasteiger partial charge in [-0.15, -0.1) is 18.3 Å². The van der Waals surface area contributed by atoms with Crippen LogP contribution < -0.4 is 0 Å². The Morgan fingerprint density at radius 3 is 2.62 bits per heavy atom. The van der Waals surface area contributed by atoms with Crippen molar-refractivity contribution in [3.63, 3.8) is 0 Å². The van der Waals surface area contributed by atoms with Gasteiger partial charge in [-0.3, -0.25) is 14.4 Å². The maximum atomic E-state index is 14.7. The number of rotatable bonds is 13. The molecule has 2 aromatic rings. The third-order valence-corrected chi connectivity index (χ3v) is 9.54. The molecule has 1 aromatic heterocycles. The number of hydrogen-bond donors (Lipinski definition) is 1. The quantitative estimate of drug-likeness (QED) is 0.286. The smallest absolute Gasteiger partial charge is 0.250 e. The lowest BCUT2D eigenvalue weighted by Gasteiger charge is -2.38. The summed E-state index contributed by atoms with van der Waals surface area (Å²) >= 11 is 0. The Morgan fingerprint density at radius 2 is 1.90 bits per heavy atom. The van der Waals surface area contributed by atoms with E-state index in [1.54, 1.807) is 38.6 Å². The van der Waals surface area contributed by atoms with Gasteiger partial charge < -0.3 is 24.5 Å². The number of benzene rings is 1. The highest BCUT2D eigenvalue weighted by Crippen LogP contribution is 2.65. The topological polar surface area (TPSA) is 121 Å². The van der Waals surface area contributed by atoms with Crippen LogP contribution >= 0.6 is 0 Å². The summed E-state index contributed by atoms with van der Waals surface area (Å²) in [6, 6.07) is 6.62. The molecular weight excluding hydrogens is 536 g/mol. The molecule has 2 bridgehead atoms. The Kier molecular flexibility index (Phi) is 8.26. The number of likely N-dealkylation sites (tertiary alicyclic amines) is 1. The standard InChI is InChI=1S/C31H42N6O5/c1-6-15-34(5)27(39)24-25-28(40)36(17-11-8-12-18-38)26(31(25)19-21(3)30(24,4)42-31)29(41)35(16-7-2)20-37-23-14-10-9-13-22(23)32-33-37/h6-7,9-10,13-14,21,24-26,38H,1-2,8,11-12,15-20H2,3-5H3/t21?,24-,25+,26?,30+,31?/m1/s1. The molecule has 0 saturated carbocycles. The van der Waals surface area contributed by atoms with Crippen LogP contribution in [-0.4, -0.2) is 103 Å². The SMILES string of the molecule is C=CCN(C)C(=O)[C@H]1[C@H]2C(=O)N(CCCCCO)C(C(=O)N(CC=C)Cn3nnc4ccccc43)C23CC(C)[C@]1(C)O3. The van der Waals surface area contributed by atoms with Gasteiger partial charge in [-0.05, 0) is 50.7 Å². The van der Waals surface area contributed by atoms with Crippen molar-refractivity contribution >= 4 is 28.8 Å². The summed E-state index contributed by atoms with van der Waals surface area (Å²) in [4.78, 5) is 47.8. The first-order valence-corrected chi connectivity index (χ1v) is 14.8. The zero-order chi connectivity index (χ0) is 30.2. The van der Waals surface area contributed by atoms with Gasteiger partial charge in [0.1, 0.15) is 23.8 Å². The van der Waals surface area contributed by atoms with Crippen LogP contribution in [0.1, 0.15) is 39.5 Å². The number of amides is 3. The van der Waals surface area contributed by atoms with E-state index in [9.17, 15) is 19.5 Å². The number of nitrogens with zero attached hydrogens (tertiary/aromatic N) is 6. The van der Waals surface area contributed by atoms with Crippen molar-refractivity contribution in [1.82, 2.24) is 29.7 Å². The molecule has 3 fully saturated rings. The Bertz CT molecular complexity index is 1380. The van der Waals surface area contributed by atoms with E-state index < -0.39 is 29.1 Å². The molecule has 3 aliphatic rings. The van der Waals surface area contributed by atoms with Crippen molar-refractivity contribution < 1.29 is 24.2 Å². The maximum absolute atomic E-state index is 14.7. The van der Waals surface area contributed by atoms with Gasteiger partial charge in [-0.1, -0.05) is 36.4 Å². The normalized spacial score (nSPS) is 29.6. The number of hydrogen-bond acceptors (Lipinski definition) is 7. The summed E-state index contributed by atoms with van der Waals surface area (Å²) in [5.41, 5.74) is -0.528. The Hall–Kier alpha value is -3.57. The molecule has 226 valence electrons. The van der Waals surface area contributed by atoms with Crippen LogP contribution in [0.4, 0.5) is 0 Å². The maximum Gasteiger partial charge on any atom is 0.250 e. The van der Waals surface area contributed by atoms with Gasteiger partial charge in [0.05, 0.1) is 23.0 Å². The average molecular weight is 579 g/mol. The molecule has 4 heterocycles. The van der Waals surface area contributed by atoms with Crippen LogP contribution in [0.15, 0.2) is 49.6 Å². The number of unbranched alkanes of at least 4 members (excludes halogenated alkanes) is 2. The lowest BCUT2D eigenvalue weighted by molar-refractivity contribution is -0.155. The number of likely N-dealkylation sites (N-methyl/N-ethyl adjacent to an activating group) is 1. The monoisotopic (exact) mass is 578 g/mol. The van der Waals surface area contributed by atoms with E-state index in [0.717, 1.165) is 5.52 Å². The number of aliphatic hydroxyl groups is 1. The molecule has 5 rings (SSSR count). The van der Waals surface area contributed by atoms with E-state index in [4.69, 9.17) is 4.74 Å². The molecule has 6 atom stereocenters. The molecule has 11 nitrogen and oxygen atoms in total. The van der Waals surface area contributed by atoms with Crippen molar-refractivity contribution in [2.24, 2.45) is 17.8 Å². The fourth-order valence-corrected chi connectivity index (χ4v) is 7.46. The molecule has 1 aromatic carbocycles. The van der Waals surface area contributed by atoms with E-state index in [2.05, 4.69) is 23.5 Å². The zero-order valence-corrected chi connectivity index (χ0v) is 24.8. The van der Waals surface area contributed by atoms with Crippen LogP contribution in [-0.2, 0) is 25.8 Å². The van der Waals surface area contributed by atoms with Gasteiger partial charge in [0.2, 0.25) is 17.7 Å². The highest BCUT2D eigenvalue weighted by Gasteiger charge is 2.80. The van der Waals surface area contributed by atoms with E-state index in [1.165, 1.54) is 0 Å². The van der Waals surface area contributed by atoms with Crippen LogP contribution in [0.3, 0.4) is 0 Å². The fraction of sp³-hybridized carbons (Fsp3) is 0.581. The second-order valence-corrected chi connectivity index (χ2v) is 12.1. The van der Waals surface area contributed by atoms with Gasteiger partial charge in [0, 0.05) is 33.3 Å². The summed E-state index contributed by atoms with van der Waals surface area (Å²) < 4.78 is 8.53. The van der Waals surface area contributed by atoms with Crippen molar-refractivity contribution in [3.8, 4) is 0 Å². The number of carbonyl (C=O) groups excluding carboxylic acids is 3. The molecule has 1 N–H and O–H groups in total. The van der Waals surface area contributed by atoms with Gasteiger partial charge in [-0.25, -0.2) is 4.68 Å². The number of aromatic nitrogens is 3. The van der Waals surface area contributed by atoms with Crippen molar-refractivity contribution in [3.05, 3.63) is 49.6 Å². The predicted molar refractivity (Wildman–Crippen MR) is 157 cm³/mol. The molecule has 11 heteroatoms. The third kappa shape index (κ3) is 4.63. The van der Waals surface area contributed by atoms with Crippen molar-refractivity contribution in [1.29, 1.82) is 0 Å². The molecule has 3 amide bonds. The number of aliphatic hydroxyl groups excluding tert-OH is 1. The Balaban J connectivity index is 1.55.